The van der Waals surface area contributed by atoms with Crippen LogP contribution in [-0.4, -0.2) is 67.8 Å². The van der Waals surface area contributed by atoms with Crippen LogP contribution in [0.15, 0.2) is 0 Å². The first-order valence-electron chi connectivity index (χ1n) is 10.7. The first-order valence-corrected chi connectivity index (χ1v) is 10.7. The average Bonchev–Trinajstić information content (AvgIpc) is 2.80. The highest BCUT2D eigenvalue weighted by atomic mass is 19.2. The molecule has 0 spiro atoms. The van der Waals surface area contributed by atoms with Crippen LogP contribution in [0.3, 0.4) is 0 Å². The number of ether oxygens (including phenoxy) is 6. The van der Waals surface area contributed by atoms with Crippen molar-refractivity contribution in [2.45, 2.75) is 64.8 Å². The fourth-order valence-corrected chi connectivity index (χ4v) is 3.47. The van der Waals surface area contributed by atoms with Crippen LogP contribution in [0.5, 0.6) is 0 Å². The SMILES string of the molecule is CC(=O)OC[C@H]1O[C@@H](OCCc2c(F)c(F)c(F)c(F)c2F)[C@H](OC(C)=O)[C@@H](OC(C)=O)[C@@H]1OC(C)=O. The van der Waals surface area contributed by atoms with Crippen LogP contribution in [0.25, 0.3) is 0 Å². The van der Waals surface area contributed by atoms with Gasteiger partial charge in [0.2, 0.25) is 5.82 Å². The molecule has 0 aliphatic carbocycles. The molecule has 1 aromatic carbocycles. The van der Waals surface area contributed by atoms with Crippen molar-refractivity contribution in [3.05, 3.63) is 34.6 Å². The van der Waals surface area contributed by atoms with E-state index >= 15 is 0 Å². The third-order valence-corrected chi connectivity index (χ3v) is 4.88. The lowest BCUT2D eigenvalue weighted by molar-refractivity contribution is -0.307. The minimum atomic E-state index is -2.33. The molecule has 1 heterocycles. The first-order chi connectivity index (χ1) is 17.2. The molecule has 37 heavy (non-hydrogen) atoms. The zero-order valence-corrected chi connectivity index (χ0v) is 20.0. The zero-order valence-electron chi connectivity index (χ0n) is 20.0. The molecule has 1 aromatic rings. The molecule has 10 nitrogen and oxygen atoms in total. The summed E-state index contributed by atoms with van der Waals surface area (Å²) in [7, 11) is 0. The van der Waals surface area contributed by atoms with Gasteiger partial charge in [0, 0.05) is 39.7 Å². The quantitative estimate of drug-likeness (QED) is 0.151. The Bertz CT molecular complexity index is 1020. The molecule has 0 bridgehead atoms. The van der Waals surface area contributed by atoms with E-state index in [0.717, 1.165) is 27.7 Å². The van der Waals surface area contributed by atoms with E-state index < -0.39 is 109 Å². The van der Waals surface area contributed by atoms with Gasteiger partial charge in [-0.2, -0.15) is 0 Å². The summed E-state index contributed by atoms with van der Waals surface area (Å²) in [6.07, 6.45) is -8.57. The Hall–Kier alpha value is -3.33. The number of esters is 4. The summed E-state index contributed by atoms with van der Waals surface area (Å²) in [5, 5.41) is 0. The van der Waals surface area contributed by atoms with Gasteiger partial charge in [0.25, 0.3) is 0 Å². The van der Waals surface area contributed by atoms with Crippen LogP contribution < -0.4 is 0 Å². The number of halogens is 5. The number of rotatable bonds is 9. The number of hydrogen-bond donors (Lipinski definition) is 0. The third-order valence-electron chi connectivity index (χ3n) is 4.88. The van der Waals surface area contributed by atoms with Gasteiger partial charge in [-0.1, -0.05) is 0 Å². The molecule has 1 aliphatic rings. The summed E-state index contributed by atoms with van der Waals surface area (Å²) in [6.45, 7) is 2.74. The molecule has 206 valence electrons. The summed E-state index contributed by atoms with van der Waals surface area (Å²) in [5.74, 6) is -14.2. The van der Waals surface area contributed by atoms with Gasteiger partial charge in [0.05, 0.1) is 6.61 Å². The first kappa shape index (κ1) is 29.9. The maximum absolute atomic E-state index is 14.0. The fourth-order valence-electron chi connectivity index (χ4n) is 3.47. The van der Waals surface area contributed by atoms with Crippen LogP contribution in [-0.2, 0) is 54.0 Å². The van der Waals surface area contributed by atoms with E-state index in [1.165, 1.54) is 0 Å². The van der Waals surface area contributed by atoms with Crippen molar-refractivity contribution >= 4 is 23.9 Å². The van der Waals surface area contributed by atoms with E-state index in [-0.39, 0.29) is 0 Å². The maximum Gasteiger partial charge on any atom is 0.303 e. The minimum Gasteiger partial charge on any atom is -0.463 e. The van der Waals surface area contributed by atoms with Crippen LogP contribution in [0.1, 0.15) is 33.3 Å². The Morgan fingerprint density at radius 1 is 0.676 bits per heavy atom. The highest BCUT2D eigenvalue weighted by molar-refractivity contribution is 5.68. The van der Waals surface area contributed by atoms with E-state index in [1.54, 1.807) is 0 Å². The Morgan fingerprint density at radius 2 is 1.14 bits per heavy atom. The van der Waals surface area contributed by atoms with Crippen molar-refractivity contribution in [1.82, 2.24) is 0 Å². The fraction of sp³-hybridized carbons (Fsp3) is 0.545. The second-order valence-corrected chi connectivity index (χ2v) is 7.74. The lowest BCUT2D eigenvalue weighted by atomic mass is 9.98. The Balaban J connectivity index is 2.37. The van der Waals surface area contributed by atoms with E-state index in [9.17, 15) is 41.1 Å². The number of carbonyl (C=O) groups excluding carboxylic acids is 4. The monoisotopic (exact) mass is 542 g/mol. The molecular weight excluding hydrogens is 519 g/mol. The molecule has 2 rings (SSSR count). The van der Waals surface area contributed by atoms with Crippen molar-refractivity contribution in [3.8, 4) is 0 Å². The highest BCUT2D eigenvalue weighted by Gasteiger charge is 2.52. The van der Waals surface area contributed by atoms with Gasteiger partial charge in [-0.3, -0.25) is 19.2 Å². The molecule has 15 heteroatoms. The lowest BCUT2D eigenvalue weighted by Crippen LogP contribution is -2.63. The van der Waals surface area contributed by atoms with Gasteiger partial charge < -0.3 is 28.4 Å². The standard InChI is InChI=1S/C22H23F5O10/c1-8(28)33-7-13-19(34-9(2)29)20(35-10(3)30)21(36-11(4)31)22(37-13)32-6-5-12-14(23)16(25)18(27)17(26)15(12)24/h13,19-22H,5-7H2,1-4H3/t13-,19-,20+,21-,22-/m1/s1. The second-order valence-electron chi connectivity index (χ2n) is 7.74. The van der Waals surface area contributed by atoms with Crippen molar-refractivity contribution in [2.24, 2.45) is 0 Å². The predicted molar refractivity (Wildman–Crippen MR) is 108 cm³/mol. The summed E-state index contributed by atoms with van der Waals surface area (Å²) >= 11 is 0. The van der Waals surface area contributed by atoms with Crippen LogP contribution in [0, 0.1) is 29.1 Å². The molecule has 0 radical (unpaired) electrons. The van der Waals surface area contributed by atoms with Gasteiger partial charge in [-0.15, -0.1) is 0 Å². The molecular formula is C22H23F5O10. The third kappa shape index (κ3) is 7.58. The van der Waals surface area contributed by atoms with Crippen molar-refractivity contribution in [1.29, 1.82) is 0 Å². The molecule has 1 fully saturated rings. The Labute approximate surface area is 206 Å². The van der Waals surface area contributed by atoms with Gasteiger partial charge in [-0.25, -0.2) is 22.0 Å². The molecule has 0 unspecified atom stereocenters. The average molecular weight is 542 g/mol. The normalized spacial score (nSPS) is 23.2. The molecule has 0 N–H and O–H groups in total. The number of benzene rings is 1. The van der Waals surface area contributed by atoms with E-state index in [2.05, 4.69) is 0 Å². The van der Waals surface area contributed by atoms with Gasteiger partial charge >= 0.3 is 23.9 Å². The summed E-state index contributed by atoms with van der Waals surface area (Å²) in [5.41, 5.74) is -1.18. The topological polar surface area (TPSA) is 124 Å². The van der Waals surface area contributed by atoms with Crippen molar-refractivity contribution in [2.75, 3.05) is 13.2 Å². The van der Waals surface area contributed by atoms with Gasteiger partial charge in [-0.05, 0) is 0 Å². The number of hydrogen-bond acceptors (Lipinski definition) is 10. The predicted octanol–water partition coefficient (Wildman–Crippen LogP) is 2.02. The minimum absolute atomic E-state index is 0.560. The number of carbonyl (C=O) groups is 4. The Kier molecular flexibility index (Phi) is 10.3. The largest absolute Gasteiger partial charge is 0.463 e. The van der Waals surface area contributed by atoms with E-state index in [0.29, 0.717) is 0 Å². The molecule has 1 saturated heterocycles. The van der Waals surface area contributed by atoms with Crippen LogP contribution >= 0.6 is 0 Å². The molecule has 5 atom stereocenters. The van der Waals surface area contributed by atoms with E-state index in [1.807, 2.05) is 0 Å². The molecule has 0 amide bonds. The highest BCUT2D eigenvalue weighted by Crippen LogP contribution is 2.30. The molecule has 0 saturated carbocycles. The van der Waals surface area contributed by atoms with Gasteiger partial charge in [0.15, 0.2) is 47.9 Å². The molecule has 1 aliphatic heterocycles. The molecule has 0 aromatic heterocycles. The summed E-state index contributed by atoms with van der Waals surface area (Å²) in [4.78, 5) is 46.5. The van der Waals surface area contributed by atoms with Gasteiger partial charge in [0.1, 0.15) is 12.7 Å². The maximum atomic E-state index is 14.0. The van der Waals surface area contributed by atoms with Crippen molar-refractivity contribution in [3.63, 3.8) is 0 Å². The Morgan fingerprint density at radius 3 is 1.62 bits per heavy atom. The lowest BCUT2D eigenvalue weighted by Gasteiger charge is -2.44. The van der Waals surface area contributed by atoms with E-state index in [4.69, 9.17) is 28.4 Å². The van der Waals surface area contributed by atoms with Crippen LogP contribution in [0.4, 0.5) is 22.0 Å². The zero-order chi connectivity index (χ0) is 28.0. The van der Waals surface area contributed by atoms with Crippen LogP contribution in [0.2, 0.25) is 0 Å². The summed E-state index contributed by atoms with van der Waals surface area (Å²) < 4.78 is 99.6. The smallest absolute Gasteiger partial charge is 0.303 e. The van der Waals surface area contributed by atoms with Crippen molar-refractivity contribution < 1.29 is 69.6 Å². The summed E-state index contributed by atoms with van der Waals surface area (Å²) in [6, 6.07) is 0. The second kappa shape index (κ2) is 12.8.